The molecule has 5 heteroatoms. The molecule has 2 aliphatic rings. The molecule has 0 saturated carbocycles. The van der Waals surface area contributed by atoms with Gasteiger partial charge in [-0.3, -0.25) is 4.79 Å². The maximum absolute atomic E-state index is 12.2. The van der Waals surface area contributed by atoms with Crippen LogP contribution < -0.4 is 10.2 Å². The second-order valence-electron chi connectivity index (χ2n) is 6.28. The van der Waals surface area contributed by atoms with E-state index >= 15 is 0 Å². The number of benzene rings is 1. The molecule has 2 heterocycles. The zero-order valence-corrected chi connectivity index (χ0v) is 13.3. The lowest BCUT2D eigenvalue weighted by Crippen LogP contribution is -2.44. The molecule has 1 atom stereocenters. The van der Waals surface area contributed by atoms with Gasteiger partial charge in [-0.25, -0.2) is 0 Å². The second kappa shape index (κ2) is 7.11. The van der Waals surface area contributed by atoms with E-state index in [1.807, 2.05) is 12.1 Å². The van der Waals surface area contributed by atoms with E-state index in [2.05, 4.69) is 34.3 Å². The van der Waals surface area contributed by atoms with Gasteiger partial charge in [-0.1, -0.05) is 0 Å². The molecule has 1 amide bonds. The number of rotatable bonds is 4. The number of carbonyl (C=O) groups excluding carboxylic acids is 1. The molecule has 22 heavy (non-hydrogen) atoms. The number of hydrogen-bond acceptors (Lipinski definition) is 4. The lowest BCUT2D eigenvalue weighted by Gasteiger charge is -2.34. The molecule has 0 aromatic heterocycles. The fourth-order valence-electron chi connectivity index (χ4n) is 2.97. The first-order valence-electron chi connectivity index (χ1n) is 8.12. The lowest BCUT2D eigenvalue weighted by molar-refractivity contribution is 0.0945. The molecule has 0 bridgehead atoms. The van der Waals surface area contributed by atoms with Crippen molar-refractivity contribution in [1.82, 2.24) is 10.2 Å². The fraction of sp³-hybridized carbons (Fsp3) is 0.588. The number of ether oxygens (including phenoxy) is 1. The summed E-state index contributed by atoms with van der Waals surface area (Å²) in [5, 5.41) is 3.01. The van der Waals surface area contributed by atoms with Crippen molar-refractivity contribution < 1.29 is 9.53 Å². The standard InChI is InChI=1S/C17H25N3O2/c1-19-7-9-20(10-8-19)16-4-2-15(3-5-16)17(21)18-12-14-6-11-22-13-14/h2-5,14H,6-13H2,1H3,(H,18,21). The van der Waals surface area contributed by atoms with Crippen molar-refractivity contribution in [3.63, 3.8) is 0 Å². The maximum atomic E-state index is 12.2. The molecule has 0 radical (unpaired) electrons. The highest BCUT2D eigenvalue weighted by Gasteiger charge is 2.17. The van der Waals surface area contributed by atoms with E-state index in [0.717, 1.165) is 51.4 Å². The monoisotopic (exact) mass is 303 g/mol. The average Bonchev–Trinajstić information content (AvgIpc) is 3.07. The number of nitrogens with one attached hydrogen (secondary N) is 1. The molecule has 1 aromatic carbocycles. The Morgan fingerprint density at radius 2 is 1.95 bits per heavy atom. The molecule has 2 fully saturated rings. The van der Waals surface area contributed by atoms with Crippen LogP contribution in [0.3, 0.4) is 0 Å². The van der Waals surface area contributed by atoms with Gasteiger partial charge >= 0.3 is 0 Å². The van der Waals surface area contributed by atoms with Crippen LogP contribution >= 0.6 is 0 Å². The first-order chi connectivity index (χ1) is 10.7. The van der Waals surface area contributed by atoms with Crippen LogP contribution in [0.2, 0.25) is 0 Å². The first-order valence-corrected chi connectivity index (χ1v) is 8.12. The minimum absolute atomic E-state index is 0.0110. The topological polar surface area (TPSA) is 44.8 Å². The molecule has 5 nitrogen and oxygen atoms in total. The van der Waals surface area contributed by atoms with Gasteiger partial charge < -0.3 is 19.9 Å². The SMILES string of the molecule is CN1CCN(c2ccc(C(=O)NCC3CCOC3)cc2)CC1. The number of carbonyl (C=O) groups is 1. The Bertz CT molecular complexity index is 489. The summed E-state index contributed by atoms with van der Waals surface area (Å²) < 4.78 is 5.33. The molecule has 2 aliphatic heterocycles. The third-order valence-corrected chi connectivity index (χ3v) is 4.57. The van der Waals surface area contributed by atoms with Gasteiger partial charge in [0.15, 0.2) is 0 Å². The zero-order chi connectivity index (χ0) is 15.4. The van der Waals surface area contributed by atoms with E-state index in [-0.39, 0.29) is 5.91 Å². The highest BCUT2D eigenvalue weighted by atomic mass is 16.5. The van der Waals surface area contributed by atoms with Crippen molar-refractivity contribution in [2.45, 2.75) is 6.42 Å². The summed E-state index contributed by atoms with van der Waals surface area (Å²) in [7, 11) is 2.15. The van der Waals surface area contributed by atoms with Gasteiger partial charge in [0.25, 0.3) is 5.91 Å². The van der Waals surface area contributed by atoms with Crippen molar-refractivity contribution >= 4 is 11.6 Å². The number of amides is 1. The van der Waals surface area contributed by atoms with E-state index in [4.69, 9.17) is 4.74 Å². The zero-order valence-electron chi connectivity index (χ0n) is 13.3. The fourth-order valence-corrected chi connectivity index (χ4v) is 2.97. The summed E-state index contributed by atoms with van der Waals surface area (Å²) in [6, 6.07) is 7.96. The Kier molecular flexibility index (Phi) is 4.95. The molecule has 2 saturated heterocycles. The number of piperazine rings is 1. The average molecular weight is 303 g/mol. The summed E-state index contributed by atoms with van der Waals surface area (Å²) >= 11 is 0. The van der Waals surface area contributed by atoms with Crippen LogP contribution in [0.1, 0.15) is 16.8 Å². The van der Waals surface area contributed by atoms with Crippen molar-refractivity contribution in [1.29, 1.82) is 0 Å². The van der Waals surface area contributed by atoms with Crippen LogP contribution in [-0.4, -0.2) is 63.8 Å². The molecule has 3 rings (SSSR count). The van der Waals surface area contributed by atoms with E-state index in [1.165, 1.54) is 5.69 Å². The molecule has 0 spiro atoms. The quantitative estimate of drug-likeness (QED) is 0.908. The molecule has 1 aromatic rings. The van der Waals surface area contributed by atoms with Gasteiger partial charge in [0.2, 0.25) is 0 Å². The van der Waals surface area contributed by atoms with Crippen molar-refractivity contribution in [3.8, 4) is 0 Å². The van der Waals surface area contributed by atoms with Gasteiger partial charge in [0.1, 0.15) is 0 Å². The predicted octanol–water partition coefficient (Wildman–Crippen LogP) is 1.20. The van der Waals surface area contributed by atoms with Crippen molar-refractivity contribution in [2.24, 2.45) is 5.92 Å². The summed E-state index contributed by atoms with van der Waals surface area (Å²) in [6.45, 7) is 6.56. The Labute approximate surface area is 132 Å². The number of anilines is 1. The normalized spacial score (nSPS) is 22.8. The third kappa shape index (κ3) is 3.78. The number of likely N-dealkylation sites (N-methyl/N-ethyl adjacent to an activating group) is 1. The lowest BCUT2D eigenvalue weighted by atomic mass is 10.1. The highest BCUT2D eigenvalue weighted by molar-refractivity contribution is 5.94. The van der Waals surface area contributed by atoms with E-state index in [9.17, 15) is 4.79 Å². The van der Waals surface area contributed by atoms with E-state index in [1.54, 1.807) is 0 Å². The molecule has 1 N–H and O–H groups in total. The molecule has 1 unspecified atom stereocenters. The molecular formula is C17H25N3O2. The third-order valence-electron chi connectivity index (χ3n) is 4.57. The first kappa shape index (κ1) is 15.3. The smallest absolute Gasteiger partial charge is 0.251 e. The Hall–Kier alpha value is -1.59. The van der Waals surface area contributed by atoms with Gasteiger partial charge in [-0.05, 0) is 37.7 Å². The predicted molar refractivity (Wildman–Crippen MR) is 87.4 cm³/mol. The van der Waals surface area contributed by atoms with E-state index in [0.29, 0.717) is 12.5 Å². The van der Waals surface area contributed by atoms with Gasteiger partial charge in [-0.15, -0.1) is 0 Å². The minimum Gasteiger partial charge on any atom is -0.381 e. The van der Waals surface area contributed by atoms with Crippen LogP contribution in [0, 0.1) is 5.92 Å². The van der Waals surface area contributed by atoms with Gasteiger partial charge in [0.05, 0.1) is 6.61 Å². The number of nitrogens with zero attached hydrogens (tertiary/aromatic N) is 2. The van der Waals surface area contributed by atoms with E-state index < -0.39 is 0 Å². The summed E-state index contributed by atoms with van der Waals surface area (Å²) in [6.07, 6.45) is 1.04. The maximum Gasteiger partial charge on any atom is 0.251 e. The Balaban J connectivity index is 1.53. The summed E-state index contributed by atoms with van der Waals surface area (Å²) in [5.41, 5.74) is 1.94. The van der Waals surface area contributed by atoms with Crippen LogP contribution in [-0.2, 0) is 4.74 Å². The van der Waals surface area contributed by atoms with Crippen LogP contribution in [0.25, 0.3) is 0 Å². The molecule has 120 valence electrons. The molecule has 0 aliphatic carbocycles. The Morgan fingerprint density at radius 1 is 1.23 bits per heavy atom. The summed E-state index contributed by atoms with van der Waals surface area (Å²) in [5.74, 6) is 0.477. The number of hydrogen-bond donors (Lipinski definition) is 1. The van der Waals surface area contributed by atoms with Crippen LogP contribution in [0.15, 0.2) is 24.3 Å². The van der Waals surface area contributed by atoms with Crippen LogP contribution in [0.5, 0.6) is 0 Å². The molecular weight excluding hydrogens is 278 g/mol. The van der Waals surface area contributed by atoms with Gasteiger partial charge in [0, 0.05) is 56.5 Å². The minimum atomic E-state index is 0.0110. The van der Waals surface area contributed by atoms with Crippen molar-refractivity contribution in [3.05, 3.63) is 29.8 Å². The van der Waals surface area contributed by atoms with Gasteiger partial charge in [-0.2, -0.15) is 0 Å². The summed E-state index contributed by atoms with van der Waals surface area (Å²) in [4.78, 5) is 16.9. The Morgan fingerprint density at radius 3 is 2.59 bits per heavy atom. The van der Waals surface area contributed by atoms with Crippen LogP contribution in [0.4, 0.5) is 5.69 Å². The van der Waals surface area contributed by atoms with Crippen molar-refractivity contribution in [2.75, 3.05) is 57.9 Å². The largest absolute Gasteiger partial charge is 0.381 e. The second-order valence-corrected chi connectivity index (χ2v) is 6.28. The highest BCUT2D eigenvalue weighted by Crippen LogP contribution is 2.17.